The van der Waals surface area contributed by atoms with Gasteiger partial charge in [-0.2, -0.15) is 0 Å². The van der Waals surface area contributed by atoms with Crippen LogP contribution in [-0.2, 0) is 0 Å². The maximum absolute atomic E-state index is 9.38. The van der Waals surface area contributed by atoms with Gasteiger partial charge in [-0.25, -0.2) is 0 Å². The Labute approximate surface area is 80.0 Å². The molecule has 1 radical (unpaired) electrons. The van der Waals surface area contributed by atoms with Crippen molar-refractivity contribution in [1.29, 1.82) is 0 Å². The quantitative estimate of drug-likeness (QED) is 0.818. The summed E-state index contributed by atoms with van der Waals surface area (Å²) < 4.78 is 0.755. The van der Waals surface area contributed by atoms with Gasteiger partial charge in [0, 0.05) is 4.47 Å². The highest BCUT2D eigenvalue weighted by atomic mass is 79.9. The molecule has 0 aromatic heterocycles. The number of hydrogen-bond acceptors (Lipinski definition) is 2. The molecule has 1 aromatic rings. The van der Waals surface area contributed by atoms with E-state index in [4.69, 9.17) is 0 Å². The molecule has 2 N–H and O–H groups in total. The molecule has 2 nitrogen and oxygen atoms in total. The van der Waals surface area contributed by atoms with E-state index in [0.29, 0.717) is 12.0 Å². The summed E-state index contributed by atoms with van der Waals surface area (Å²) in [5, 5.41) is 18.6. The van der Waals surface area contributed by atoms with Crippen LogP contribution in [0, 0.1) is 6.92 Å². The van der Waals surface area contributed by atoms with Crippen LogP contribution in [0.3, 0.4) is 0 Å². The first-order valence-electron chi connectivity index (χ1n) is 3.60. The van der Waals surface area contributed by atoms with Crippen molar-refractivity contribution in [2.24, 2.45) is 0 Å². The van der Waals surface area contributed by atoms with Gasteiger partial charge in [0.1, 0.15) is 5.75 Å². The third-order valence-corrected chi connectivity index (χ3v) is 2.02. The van der Waals surface area contributed by atoms with E-state index in [1.807, 2.05) is 0 Å². The topological polar surface area (TPSA) is 40.5 Å². The lowest BCUT2D eigenvalue weighted by Crippen LogP contribution is -1.94. The van der Waals surface area contributed by atoms with Crippen LogP contribution in [0.5, 0.6) is 5.75 Å². The van der Waals surface area contributed by atoms with Crippen molar-refractivity contribution in [3.05, 3.63) is 35.2 Å². The molecule has 1 unspecified atom stereocenters. The summed E-state index contributed by atoms with van der Waals surface area (Å²) in [6.07, 6.45) is -0.205. The van der Waals surface area contributed by atoms with Crippen LogP contribution in [0.25, 0.3) is 0 Å². The molecular weight excluding hydrogens is 220 g/mol. The molecule has 65 valence electrons. The number of phenolic OH excluding ortho intramolecular Hbond substituents is 1. The number of benzene rings is 1. The number of halogens is 1. The van der Waals surface area contributed by atoms with Gasteiger partial charge in [0.15, 0.2) is 0 Å². The number of phenols is 1. The number of aliphatic hydroxyl groups is 1. The smallest absolute Gasteiger partial charge is 0.117 e. The molecule has 0 saturated heterocycles. The molecule has 0 saturated carbocycles. The maximum atomic E-state index is 9.38. The fourth-order valence-corrected chi connectivity index (χ4v) is 1.45. The van der Waals surface area contributed by atoms with Crippen LogP contribution in [0.4, 0.5) is 0 Å². The minimum absolute atomic E-state index is 0.145. The predicted octanol–water partition coefficient (Wildman–Crippen LogP) is 2.41. The minimum atomic E-state index is -0.603. The van der Waals surface area contributed by atoms with Crippen LogP contribution in [0.15, 0.2) is 22.7 Å². The average Bonchev–Trinajstić information content (AvgIpc) is 2.01. The van der Waals surface area contributed by atoms with Gasteiger partial charge in [-0.1, -0.05) is 22.9 Å². The highest BCUT2D eigenvalue weighted by molar-refractivity contribution is 9.10. The van der Waals surface area contributed by atoms with E-state index in [1.54, 1.807) is 12.1 Å². The molecule has 1 aromatic carbocycles. The SMILES string of the molecule is [CH2]CC(O)c1cc(O)cc(Br)c1. The molecule has 0 fully saturated rings. The molecule has 0 heterocycles. The summed E-state index contributed by atoms with van der Waals surface area (Å²) >= 11 is 3.22. The fourth-order valence-electron chi connectivity index (χ4n) is 0.955. The van der Waals surface area contributed by atoms with Gasteiger partial charge < -0.3 is 10.2 Å². The van der Waals surface area contributed by atoms with Crippen molar-refractivity contribution in [2.45, 2.75) is 12.5 Å². The Hall–Kier alpha value is -0.540. The van der Waals surface area contributed by atoms with E-state index < -0.39 is 6.10 Å². The van der Waals surface area contributed by atoms with Crippen molar-refractivity contribution >= 4 is 15.9 Å². The van der Waals surface area contributed by atoms with Crippen LogP contribution >= 0.6 is 15.9 Å². The van der Waals surface area contributed by atoms with E-state index >= 15 is 0 Å². The highest BCUT2D eigenvalue weighted by Crippen LogP contribution is 2.25. The molecule has 0 aliphatic rings. The second kappa shape index (κ2) is 3.92. The lowest BCUT2D eigenvalue weighted by Gasteiger charge is -2.08. The second-order valence-corrected chi connectivity index (χ2v) is 3.46. The Morgan fingerprint density at radius 1 is 1.42 bits per heavy atom. The lowest BCUT2D eigenvalue weighted by atomic mass is 10.1. The van der Waals surface area contributed by atoms with Crippen molar-refractivity contribution in [1.82, 2.24) is 0 Å². The van der Waals surface area contributed by atoms with Crippen molar-refractivity contribution < 1.29 is 10.2 Å². The molecular formula is C9H10BrO2. The Morgan fingerprint density at radius 2 is 2.08 bits per heavy atom. The van der Waals surface area contributed by atoms with E-state index in [9.17, 15) is 10.2 Å². The largest absolute Gasteiger partial charge is 0.508 e. The van der Waals surface area contributed by atoms with E-state index in [1.165, 1.54) is 6.07 Å². The average molecular weight is 230 g/mol. The summed E-state index contributed by atoms with van der Waals surface area (Å²) in [7, 11) is 0. The zero-order valence-corrected chi connectivity index (χ0v) is 8.08. The first-order valence-corrected chi connectivity index (χ1v) is 4.39. The number of aromatic hydroxyl groups is 1. The van der Waals surface area contributed by atoms with Crippen LogP contribution in [0.2, 0.25) is 0 Å². The minimum Gasteiger partial charge on any atom is -0.508 e. The van der Waals surface area contributed by atoms with Crippen LogP contribution in [0.1, 0.15) is 18.1 Å². The Kier molecular flexibility index (Phi) is 3.12. The summed E-state index contributed by atoms with van der Waals surface area (Å²) in [5.74, 6) is 0.145. The van der Waals surface area contributed by atoms with Crippen LogP contribution in [-0.4, -0.2) is 10.2 Å². The third kappa shape index (κ3) is 2.22. The van der Waals surface area contributed by atoms with E-state index in [-0.39, 0.29) is 5.75 Å². The number of aliphatic hydroxyl groups excluding tert-OH is 1. The lowest BCUT2D eigenvalue weighted by molar-refractivity contribution is 0.180. The molecule has 0 amide bonds. The van der Waals surface area contributed by atoms with Gasteiger partial charge in [-0.15, -0.1) is 0 Å². The summed E-state index contributed by atoms with van der Waals surface area (Å²) in [6, 6.07) is 4.86. The molecule has 0 spiro atoms. The molecule has 1 rings (SSSR count). The number of hydrogen-bond donors (Lipinski definition) is 2. The monoisotopic (exact) mass is 229 g/mol. The summed E-state index contributed by atoms with van der Waals surface area (Å²) in [5.41, 5.74) is 0.678. The molecule has 12 heavy (non-hydrogen) atoms. The van der Waals surface area contributed by atoms with Gasteiger partial charge in [0.05, 0.1) is 6.10 Å². The molecule has 0 bridgehead atoms. The summed E-state index contributed by atoms with van der Waals surface area (Å²) in [4.78, 5) is 0. The molecule has 3 heteroatoms. The third-order valence-electron chi connectivity index (χ3n) is 1.56. The molecule has 0 aliphatic heterocycles. The summed E-state index contributed by atoms with van der Waals surface area (Å²) in [6.45, 7) is 3.57. The van der Waals surface area contributed by atoms with Crippen molar-refractivity contribution in [2.75, 3.05) is 0 Å². The second-order valence-electron chi connectivity index (χ2n) is 2.55. The standard InChI is InChI=1S/C9H10BrO2/c1-2-9(12)6-3-7(10)5-8(11)4-6/h3-5,9,11-12H,1-2H2. The Morgan fingerprint density at radius 3 is 2.58 bits per heavy atom. The van der Waals surface area contributed by atoms with Gasteiger partial charge in [0.25, 0.3) is 0 Å². The predicted molar refractivity (Wildman–Crippen MR) is 50.7 cm³/mol. The Balaban J connectivity index is 3.00. The fraction of sp³-hybridized carbons (Fsp3) is 0.222. The maximum Gasteiger partial charge on any atom is 0.117 e. The van der Waals surface area contributed by atoms with Gasteiger partial charge in [0.2, 0.25) is 0 Å². The van der Waals surface area contributed by atoms with Gasteiger partial charge in [-0.05, 0) is 30.2 Å². The zero-order valence-electron chi connectivity index (χ0n) is 6.50. The van der Waals surface area contributed by atoms with Crippen LogP contribution < -0.4 is 0 Å². The van der Waals surface area contributed by atoms with E-state index in [0.717, 1.165) is 4.47 Å². The van der Waals surface area contributed by atoms with Gasteiger partial charge >= 0.3 is 0 Å². The zero-order chi connectivity index (χ0) is 9.14. The number of rotatable bonds is 2. The van der Waals surface area contributed by atoms with Crippen molar-refractivity contribution in [3.8, 4) is 5.75 Å². The first kappa shape index (κ1) is 9.55. The molecule has 0 aliphatic carbocycles. The van der Waals surface area contributed by atoms with E-state index in [2.05, 4.69) is 22.9 Å². The first-order chi connectivity index (χ1) is 5.63. The Bertz CT molecular complexity index is 253. The van der Waals surface area contributed by atoms with Gasteiger partial charge in [-0.3, -0.25) is 0 Å². The molecule has 1 atom stereocenters. The van der Waals surface area contributed by atoms with Crippen molar-refractivity contribution in [3.63, 3.8) is 0 Å². The normalized spacial score (nSPS) is 12.9. The highest BCUT2D eigenvalue weighted by Gasteiger charge is 2.06.